The lowest BCUT2D eigenvalue weighted by atomic mass is 9.90. The molecule has 3 heterocycles. The lowest BCUT2D eigenvalue weighted by Crippen LogP contribution is -2.65. The number of carbonyl (C=O) groups excluding carboxylic acids is 2. The number of nitrogens with one attached hydrogen (secondary N) is 1. The van der Waals surface area contributed by atoms with Gasteiger partial charge in [-0.25, -0.2) is 4.79 Å². The van der Waals surface area contributed by atoms with Crippen LogP contribution in [0.3, 0.4) is 0 Å². The molecule has 6 rings (SSSR count). The number of para-hydroxylation sites is 1. The van der Waals surface area contributed by atoms with Crippen LogP contribution in [-0.4, -0.2) is 48.7 Å². The quantitative estimate of drug-likeness (QED) is 0.507. The topological polar surface area (TPSA) is 65.1 Å². The fraction of sp³-hybridized carbons (Fsp3) is 0.310. The maximum absolute atomic E-state index is 13.5. The molecular weight excluding hydrogens is 488 g/mol. The summed E-state index contributed by atoms with van der Waals surface area (Å²) >= 11 is 6.22. The predicted octanol–water partition coefficient (Wildman–Crippen LogP) is 5.38. The standard InChI is InChI=1S/C29H29ClN4O3/c1-19-10-11-21(30)17-25(19)32-12-14-33(15-13-32)27(35)20-6-5-7-22(16-20)34-28(36)31-24-18-29(34,2)37-26-9-4-3-8-23(24)26/h3-11,16-17,24H,12-15,18H2,1-2H3,(H,31,36)/t24-,29+/m0/s1. The summed E-state index contributed by atoms with van der Waals surface area (Å²) in [4.78, 5) is 32.5. The Morgan fingerprint density at radius 2 is 1.81 bits per heavy atom. The fourth-order valence-corrected chi connectivity index (χ4v) is 5.91. The zero-order chi connectivity index (χ0) is 25.7. The van der Waals surface area contributed by atoms with E-state index in [4.69, 9.17) is 16.3 Å². The van der Waals surface area contributed by atoms with Crippen molar-refractivity contribution in [2.24, 2.45) is 0 Å². The monoisotopic (exact) mass is 516 g/mol. The first-order chi connectivity index (χ1) is 17.8. The molecule has 3 aliphatic heterocycles. The van der Waals surface area contributed by atoms with Crippen LogP contribution in [0.4, 0.5) is 16.2 Å². The van der Waals surface area contributed by atoms with E-state index in [-0.39, 0.29) is 18.0 Å². The van der Waals surface area contributed by atoms with Crippen molar-refractivity contribution in [1.82, 2.24) is 10.2 Å². The lowest BCUT2D eigenvalue weighted by molar-refractivity contribution is 0.0378. The third-order valence-corrected chi connectivity index (χ3v) is 7.85. The molecule has 8 heteroatoms. The third-order valence-electron chi connectivity index (χ3n) is 7.61. The highest BCUT2D eigenvalue weighted by atomic mass is 35.5. The molecule has 0 unspecified atom stereocenters. The van der Waals surface area contributed by atoms with Gasteiger partial charge in [-0.05, 0) is 55.8 Å². The summed E-state index contributed by atoms with van der Waals surface area (Å²) < 4.78 is 6.37. The Hall–Kier alpha value is -3.71. The molecular formula is C29H29ClN4O3. The SMILES string of the molecule is Cc1ccc(Cl)cc1N1CCN(C(=O)c2cccc(N3C(=O)N[C@H]4C[C@@]3(C)Oc3ccccc34)c2)CC1. The number of hydrogen-bond donors (Lipinski definition) is 1. The third kappa shape index (κ3) is 4.17. The van der Waals surface area contributed by atoms with Crippen molar-refractivity contribution < 1.29 is 14.3 Å². The van der Waals surface area contributed by atoms with E-state index < -0.39 is 5.72 Å². The molecule has 1 N–H and O–H groups in total. The van der Waals surface area contributed by atoms with Crippen molar-refractivity contribution in [1.29, 1.82) is 0 Å². The van der Waals surface area contributed by atoms with E-state index in [1.54, 1.807) is 11.0 Å². The Morgan fingerprint density at radius 3 is 2.62 bits per heavy atom. The second kappa shape index (κ2) is 8.99. The minimum atomic E-state index is -0.858. The average molecular weight is 517 g/mol. The number of anilines is 2. The summed E-state index contributed by atoms with van der Waals surface area (Å²) in [7, 11) is 0. The van der Waals surface area contributed by atoms with Crippen molar-refractivity contribution in [3.8, 4) is 5.75 Å². The van der Waals surface area contributed by atoms with E-state index in [0.717, 1.165) is 30.1 Å². The minimum absolute atomic E-state index is 0.0420. The molecule has 3 amide bonds. The summed E-state index contributed by atoms with van der Waals surface area (Å²) in [6.07, 6.45) is 0.610. The number of aryl methyl sites for hydroxylation is 1. The van der Waals surface area contributed by atoms with Gasteiger partial charge in [0.2, 0.25) is 0 Å². The van der Waals surface area contributed by atoms with E-state index in [1.807, 2.05) is 72.5 Å². The molecule has 0 radical (unpaired) electrons. The molecule has 7 nitrogen and oxygen atoms in total. The highest BCUT2D eigenvalue weighted by molar-refractivity contribution is 6.30. The molecule has 3 aliphatic rings. The zero-order valence-electron chi connectivity index (χ0n) is 20.9. The Kier molecular flexibility index (Phi) is 5.75. The van der Waals surface area contributed by atoms with Crippen molar-refractivity contribution >= 4 is 34.9 Å². The van der Waals surface area contributed by atoms with Gasteiger partial charge in [0.1, 0.15) is 5.75 Å². The van der Waals surface area contributed by atoms with Gasteiger partial charge >= 0.3 is 6.03 Å². The molecule has 190 valence electrons. The van der Waals surface area contributed by atoms with Crippen LogP contribution in [0.2, 0.25) is 5.02 Å². The van der Waals surface area contributed by atoms with Gasteiger partial charge in [-0.1, -0.05) is 41.9 Å². The first-order valence-electron chi connectivity index (χ1n) is 12.6. The van der Waals surface area contributed by atoms with Crippen molar-refractivity contribution in [2.75, 3.05) is 36.0 Å². The van der Waals surface area contributed by atoms with Crippen LogP contribution in [0.1, 0.15) is 40.9 Å². The molecule has 0 saturated carbocycles. The molecule has 0 spiro atoms. The highest BCUT2D eigenvalue weighted by Crippen LogP contribution is 2.45. The molecule has 0 aliphatic carbocycles. The Morgan fingerprint density at radius 1 is 1.03 bits per heavy atom. The Labute approximate surface area is 221 Å². The van der Waals surface area contributed by atoms with Gasteiger partial charge in [0.25, 0.3) is 5.91 Å². The van der Waals surface area contributed by atoms with E-state index in [1.165, 1.54) is 5.56 Å². The van der Waals surface area contributed by atoms with Crippen LogP contribution in [0.25, 0.3) is 0 Å². The number of hydrogen-bond acceptors (Lipinski definition) is 4. The molecule has 2 atom stereocenters. The minimum Gasteiger partial charge on any atom is -0.467 e. The number of amides is 3. The van der Waals surface area contributed by atoms with Crippen molar-refractivity contribution in [2.45, 2.75) is 32.0 Å². The van der Waals surface area contributed by atoms with Crippen molar-refractivity contribution in [3.05, 3.63) is 88.4 Å². The van der Waals surface area contributed by atoms with Crippen LogP contribution in [-0.2, 0) is 0 Å². The second-order valence-corrected chi connectivity index (χ2v) is 10.6. The smallest absolute Gasteiger partial charge is 0.325 e. The van der Waals surface area contributed by atoms with Gasteiger partial charge in [0.15, 0.2) is 5.72 Å². The van der Waals surface area contributed by atoms with Crippen LogP contribution in [0, 0.1) is 6.92 Å². The van der Waals surface area contributed by atoms with Crippen LogP contribution in [0.5, 0.6) is 5.75 Å². The van der Waals surface area contributed by atoms with Crippen LogP contribution < -0.4 is 19.9 Å². The van der Waals surface area contributed by atoms with E-state index in [2.05, 4.69) is 17.1 Å². The molecule has 2 saturated heterocycles. The maximum atomic E-state index is 13.5. The molecule has 2 fully saturated rings. The number of piperazine rings is 1. The normalized spacial score (nSPS) is 22.7. The number of urea groups is 1. The largest absolute Gasteiger partial charge is 0.467 e. The fourth-order valence-electron chi connectivity index (χ4n) is 5.75. The van der Waals surface area contributed by atoms with Crippen molar-refractivity contribution in [3.63, 3.8) is 0 Å². The summed E-state index contributed by atoms with van der Waals surface area (Å²) in [6.45, 7) is 6.68. The lowest BCUT2D eigenvalue weighted by Gasteiger charge is -2.50. The predicted molar refractivity (Wildman–Crippen MR) is 145 cm³/mol. The Balaban J connectivity index is 1.21. The van der Waals surface area contributed by atoms with E-state index >= 15 is 0 Å². The van der Waals surface area contributed by atoms with Gasteiger partial charge < -0.3 is 19.9 Å². The average Bonchev–Trinajstić information content (AvgIpc) is 2.89. The van der Waals surface area contributed by atoms with Crippen LogP contribution in [0.15, 0.2) is 66.7 Å². The van der Waals surface area contributed by atoms with Gasteiger partial charge in [-0.3, -0.25) is 9.69 Å². The molecule has 37 heavy (non-hydrogen) atoms. The first kappa shape index (κ1) is 23.7. The number of halogens is 1. The number of ether oxygens (including phenoxy) is 1. The zero-order valence-corrected chi connectivity index (χ0v) is 21.7. The van der Waals surface area contributed by atoms with E-state index in [9.17, 15) is 9.59 Å². The Bertz CT molecular complexity index is 1390. The maximum Gasteiger partial charge on any atom is 0.325 e. The van der Waals surface area contributed by atoms with Gasteiger partial charge in [0, 0.05) is 54.4 Å². The molecule has 2 bridgehead atoms. The summed E-state index contributed by atoms with van der Waals surface area (Å²) in [5, 5.41) is 3.83. The summed E-state index contributed by atoms with van der Waals surface area (Å²) in [5.41, 5.74) is 3.60. The van der Waals surface area contributed by atoms with Gasteiger partial charge in [0.05, 0.1) is 11.7 Å². The van der Waals surface area contributed by atoms with Gasteiger partial charge in [-0.2, -0.15) is 0 Å². The van der Waals surface area contributed by atoms with Crippen LogP contribution >= 0.6 is 11.6 Å². The first-order valence-corrected chi connectivity index (χ1v) is 13.0. The number of fused-ring (bicyclic) bond motifs is 4. The molecule has 0 aromatic heterocycles. The molecule has 3 aromatic rings. The number of benzene rings is 3. The summed E-state index contributed by atoms with van der Waals surface area (Å²) in [5.74, 6) is 0.728. The number of nitrogens with zero attached hydrogens (tertiary/aromatic N) is 3. The second-order valence-electron chi connectivity index (χ2n) is 10.1. The number of carbonyl (C=O) groups is 2. The summed E-state index contributed by atoms with van der Waals surface area (Å²) in [6, 6.07) is 20.7. The number of rotatable bonds is 3. The molecule has 3 aromatic carbocycles. The highest BCUT2D eigenvalue weighted by Gasteiger charge is 2.49. The van der Waals surface area contributed by atoms with E-state index in [0.29, 0.717) is 35.8 Å². The van der Waals surface area contributed by atoms with Gasteiger partial charge in [-0.15, -0.1) is 0 Å².